The lowest BCUT2D eigenvalue weighted by atomic mass is 9.91. The minimum absolute atomic E-state index is 0.523. The lowest BCUT2D eigenvalue weighted by molar-refractivity contribution is 0.110. The standard InChI is InChI=1S/C10H11F2N/c11-10(12)8-5-6-13-9-4-2-1-3-7(8)9/h1-4,8,10,13H,5-6H2/t8-/m0/s1. The molecular formula is C10H11F2N. The van der Waals surface area contributed by atoms with Gasteiger partial charge in [-0.05, 0) is 18.1 Å². The van der Waals surface area contributed by atoms with E-state index in [0.717, 1.165) is 11.3 Å². The van der Waals surface area contributed by atoms with Crippen molar-refractivity contribution in [2.24, 2.45) is 0 Å². The van der Waals surface area contributed by atoms with Crippen LogP contribution in [0.15, 0.2) is 24.3 Å². The minimum Gasteiger partial charge on any atom is -0.385 e. The number of alkyl halides is 2. The number of hydrogen-bond donors (Lipinski definition) is 1. The Morgan fingerprint density at radius 1 is 1.31 bits per heavy atom. The van der Waals surface area contributed by atoms with Crippen molar-refractivity contribution < 1.29 is 8.78 Å². The molecule has 70 valence electrons. The van der Waals surface area contributed by atoms with Crippen LogP contribution in [-0.2, 0) is 0 Å². The zero-order valence-electron chi connectivity index (χ0n) is 7.13. The molecule has 1 N–H and O–H groups in total. The van der Waals surface area contributed by atoms with Crippen LogP contribution in [0, 0.1) is 0 Å². The molecule has 1 atom stereocenters. The average Bonchev–Trinajstić information content (AvgIpc) is 2.17. The third-order valence-corrected chi connectivity index (χ3v) is 2.44. The van der Waals surface area contributed by atoms with E-state index in [2.05, 4.69) is 5.32 Å². The Labute approximate surface area is 75.8 Å². The minimum atomic E-state index is -2.25. The summed E-state index contributed by atoms with van der Waals surface area (Å²) in [5.41, 5.74) is 1.61. The van der Waals surface area contributed by atoms with Crippen molar-refractivity contribution in [3.05, 3.63) is 29.8 Å². The first-order chi connectivity index (χ1) is 6.29. The normalized spacial score (nSPS) is 21.0. The molecule has 1 aliphatic heterocycles. The molecule has 0 bridgehead atoms. The van der Waals surface area contributed by atoms with Gasteiger partial charge in [0.15, 0.2) is 0 Å². The Morgan fingerprint density at radius 3 is 2.85 bits per heavy atom. The molecule has 0 saturated carbocycles. The molecule has 13 heavy (non-hydrogen) atoms. The second-order valence-electron chi connectivity index (χ2n) is 3.24. The lowest BCUT2D eigenvalue weighted by Crippen LogP contribution is -2.21. The van der Waals surface area contributed by atoms with Gasteiger partial charge in [0.2, 0.25) is 6.43 Å². The Kier molecular flexibility index (Phi) is 2.17. The van der Waals surface area contributed by atoms with Crippen LogP contribution >= 0.6 is 0 Å². The van der Waals surface area contributed by atoms with Crippen molar-refractivity contribution in [1.82, 2.24) is 0 Å². The van der Waals surface area contributed by atoms with Crippen LogP contribution < -0.4 is 5.32 Å². The molecule has 0 fully saturated rings. The summed E-state index contributed by atoms with van der Waals surface area (Å²) in [4.78, 5) is 0. The van der Waals surface area contributed by atoms with Crippen LogP contribution in [0.1, 0.15) is 17.9 Å². The van der Waals surface area contributed by atoms with E-state index in [0.29, 0.717) is 13.0 Å². The van der Waals surface area contributed by atoms with E-state index in [-0.39, 0.29) is 0 Å². The van der Waals surface area contributed by atoms with Crippen LogP contribution in [0.25, 0.3) is 0 Å². The van der Waals surface area contributed by atoms with E-state index < -0.39 is 12.3 Å². The van der Waals surface area contributed by atoms with E-state index in [4.69, 9.17) is 0 Å². The van der Waals surface area contributed by atoms with Crippen molar-refractivity contribution in [2.45, 2.75) is 18.8 Å². The molecule has 0 aliphatic carbocycles. The molecule has 0 amide bonds. The third kappa shape index (κ3) is 1.50. The molecule has 1 heterocycles. The molecule has 3 heteroatoms. The summed E-state index contributed by atoms with van der Waals surface area (Å²) in [5, 5.41) is 3.11. The maximum Gasteiger partial charge on any atom is 0.245 e. The molecule has 0 unspecified atom stereocenters. The van der Waals surface area contributed by atoms with Gasteiger partial charge in [0.1, 0.15) is 0 Å². The van der Waals surface area contributed by atoms with Crippen LogP contribution in [0.3, 0.4) is 0 Å². The quantitative estimate of drug-likeness (QED) is 0.705. The zero-order chi connectivity index (χ0) is 9.26. The smallest absolute Gasteiger partial charge is 0.245 e. The van der Waals surface area contributed by atoms with Crippen molar-refractivity contribution in [3.8, 4) is 0 Å². The number of rotatable bonds is 1. The van der Waals surface area contributed by atoms with E-state index in [1.165, 1.54) is 0 Å². The molecule has 0 aromatic heterocycles. The van der Waals surface area contributed by atoms with E-state index >= 15 is 0 Å². The third-order valence-electron chi connectivity index (χ3n) is 2.44. The fraction of sp³-hybridized carbons (Fsp3) is 0.400. The van der Waals surface area contributed by atoms with E-state index in [1.807, 2.05) is 12.1 Å². The van der Waals surface area contributed by atoms with E-state index in [9.17, 15) is 8.78 Å². The van der Waals surface area contributed by atoms with Crippen molar-refractivity contribution in [3.63, 3.8) is 0 Å². The number of nitrogens with one attached hydrogen (secondary N) is 1. The summed E-state index contributed by atoms with van der Waals surface area (Å²) >= 11 is 0. The first-order valence-electron chi connectivity index (χ1n) is 4.40. The maximum absolute atomic E-state index is 12.6. The predicted octanol–water partition coefficient (Wildman–Crippen LogP) is 2.85. The van der Waals surface area contributed by atoms with Crippen molar-refractivity contribution >= 4 is 5.69 Å². The fourth-order valence-electron chi connectivity index (χ4n) is 1.76. The van der Waals surface area contributed by atoms with Gasteiger partial charge >= 0.3 is 0 Å². The molecule has 0 saturated heterocycles. The first kappa shape index (κ1) is 8.48. The summed E-state index contributed by atoms with van der Waals surface area (Å²) in [6.45, 7) is 0.645. The van der Waals surface area contributed by atoms with Gasteiger partial charge in [-0.3, -0.25) is 0 Å². The van der Waals surface area contributed by atoms with Gasteiger partial charge in [0, 0.05) is 18.2 Å². The second kappa shape index (κ2) is 3.32. The number of benzene rings is 1. The van der Waals surface area contributed by atoms with Crippen LogP contribution in [-0.4, -0.2) is 13.0 Å². The highest BCUT2D eigenvalue weighted by molar-refractivity contribution is 5.54. The SMILES string of the molecule is FC(F)[C@H]1CCNc2ccccc21. The number of fused-ring (bicyclic) bond motifs is 1. The molecule has 2 rings (SSSR count). The van der Waals surface area contributed by atoms with Crippen LogP contribution in [0.5, 0.6) is 0 Å². The molecule has 1 nitrogen and oxygen atoms in total. The highest BCUT2D eigenvalue weighted by Crippen LogP contribution is 2.35. The largest absolute Gasteiger partial charge is 0.385 e. The number of halogens is 2. The first-order valence-corrected chi connectivity index (χ1v) is 4.40. The van der Waals surface area contributed by atoms with Gasteiger partial charge in [-0.15, -0.1) is 0 Å². The number of hydrogen-bond acceptors (Lipinski definition) is 1. The summed E-state index contributed by atoms with van der Waals surface area (Å²) < 4.78 is 25.1. The topological polar surface area (TPSA) is 12.0 Å². The predicted molar refractivity (Wildman–Crippen MR) is 48.3 cm³/mol. The van der Waals surface area contributed by atoms with Crippen molar-refractivity contribution in [1.29, 1.82) is 0 Å². The monoisotopic (exact) mass is 183 g/mol. The summed E-state index contributed by atoms with van der Waals surface area (Å²) in [6.07, 6.45) is -1.72. The van der Waals surface area contributed by atoms with Crippen molar-refractivity contribution in [2.75, 3.05) is 11.9 Å². The van der Waals surface area contributed by atoms with Crippen LogP contribution in [0.2, 0.25) is 0 Å². The Hall–Kier alpha value is -1.12. The summed E-state index contributed by atoms with van der Waals surface area (Å²) in [5.74, 6) is -0.586. The Bertz CT molecular complexity index is 299. The highest BCUT2D eigenvalue weighted by atomic mass is 19.3. The van der Waals surface area contributed by atoms with Gasteiger partial charge in [-0.1, -0.05) is 18.2 Å². The fourth-order valence-corrected chi connectivity index (χ4v) is 1.76. The molecule has 1 aliphatic rings. The Morgan fingerprint density at radius 2 is 2.08 bits per heavy atom. The van der Waals surface area contributed by atoms with Gasteiger partial charge in [0.25, 0.3) is 0 Å². The average molecular weight is 183 g/mol. The van der Waals surface area contributed by atoms with Gasteiger partial charge in [0.05, 0.1) is 0 Å². The molecular weight excluding hydrogens is 172 g/mol. The zero-order valence-corrected chi connectivity index (χ0v) is 7.13. The summed E-state index contributed by atoms with van der Waals surface area (Å²) in [7, 11) is 0. The molecule has 0 spiro atoms. The molecule has 1 aromatic rings. The van der Waals surface area contributed by atoms with E-state index in [1.54, 1.807) is 12.1 Å². The van der Waals surface area contributed by atoms with Crippen LogP contribution in [0.4, 0.5) is 14.5 Å². The molecule has 1 aromatic carbocycles. The number of para-hydroxylation sites is 1. The second-order valence-corrected chi connectivity index (χ2v) is 3.24. The molecule has 0 radical (unpaired) electrons. The Balaban J connectivity index is 2.37. The highest BCUT2D eigenvalue weighted by Gasteiger charge is 2.26. The number of anilines is 1. The van der Waals surface area contributed by atoms with Gasteiger partial charge in [-0.2, -0.15) is 0 Å². The lowest BCUT2D eigenvalue weighted by Gasteiger charge is -2.25. The van der Waals surface area contributed by atoms with Gasteiger partial charge < -0.3 is 5.32 Å². The summed E-state index contributed by atoms with van der Waals surface area (Å²) in [6, 6.07) is 7.29. The van der Waals surface area contributed by atoms with Gasteiger partial charge in [-0.25, -0.2) is 8.78 Å². The maximum atomic E-state index is 12.6.